The van der Waals surface area contributed by atoms with Crippen LogP contribution in [0.4, 0.5) is 0 Å². The standard InChI is InChI=1S/C74H45NS2/c1-5-19-46(20-6-1)53-29-15-33-60-62-35-17-31-55(73(62)76-71(53)60)50-37-41-67-64(43-50)65-44-51(56-32-18-36-63-61-34-16-30-54(72(61)77-74(56)63)47-21-7-2-8-22-47)38-42-68(65)75(67)52-39-40-59-66(45-52)70(49-25-11-4-12-26-49)58-28-14-13-27-57(58)69(59)48-23-9-3-10-24-48/h1-45H. The molecule has 0 fully saturated rings. The Morgan fingerprint density at radius 1 is 0.208 bits per heavy atom. The van der Waals surface area contributed by atoms with E-state index in [0.717, 1.165) is 5.69 Å². The van der Waals surface area contributed by atoms with Gasteiger partial charge in [-0.1, -0.05) is 237 Å². The zero-order valence-electron chi connectivity index (χ0n) is 41.7. The van der Waals surface area contributed by atoms with Crippen molar-refractivity contribution in [2.75, 3.05) is 0 Å². The maximum Gasteiger partial charge on any atom is 0.0541 e. The SMILES string of the molecule is c1ccc(-c2c3ccccc3c(-c3ccccc3)c3cc(-n4c5ccc(-c6cccc7c6sc6c(-c8ccccc8)cccc67)cc5c5cc(-c6cccc7c6sc6c(-c8ccccc8)cccc67)ccc54)ccc23)cc1. The third-order valence-electron chi connectivity index (χ3n) is 16.0. The van der Waals surface area contributed by atoms with Crippen LogP contribution in [0.15, 0.2) is 273 Å². The maximum absolute atomic E-state index is 2.52. The fourth-order valence-electron chi connectivity index (χ4n) is 12.6. The van der Waals surface area contributed by atoms with E-state index in [1.54, 1.807) is 0 Å². The van der Waals surface area contributed by atoms with Gasteiger partial charge in [0.05, 0.1) is 11.0 Å². The van der Waals surface area contributed by atoms with Crippen molar-refractivity contribution in [3.8, 4) is 72.4 Å². The maximum atomic E-state index is 2.52. The third-order valence-corrected chi connectivity index (χ3v) is 18.6. The quantitative estimate of drug-likeness (QED) is 0.140. The second-order valence-corrected chi connectivity index (χ2v) is 22.3. The van der Waals surface area contributed by atoms with Crippen molar-refractivity contribution in [1.82, 2.24) is 4.57 Å². The minimum absolute atomic E-state index is 1.13. The smallest absolute Gasteiger partial charge is 0.0541 e. The highest BCUT2D eigenvalue weighted by atomic mass is 32.1. The molecule has 3 heteroatoms. The Bertz CT molecular complexity index is 4790. The molecule has 3 aromatic heterocycles. The van der Waals surface area contributed by atoms with Crippen LogP contribution in [-0.2, 0) is 0 Å². The van der Waals surface area contributed by atoms with Gasteiger partial charge in [0.1, 0.15) is 0 Å². The van der Waals surface area contributed by atoms with Crippen LogP contribution in [-0.4, -0.2) is 4.57 Å². The molecule has 1 nitrogen and oxygen atoms in total. The van der Waals surface area contributed by atoms with E-state index in [4.69, 9.17) is 0 Å². The van der Waals surface area contributed by atoms with Gasteiger partial charge in [-0.05, 0) is 125 Å². The number of benzene rings is 13. The summed E-state index contributed by atoms with van der Waals surface area (Å²) in [6.45, 7) is 0. The molecule has 0 bridgehead atoms. The molecule has 0 saturated heterocycles. The van der Waals surface area contributed by atoms with Crippen molar-refractivity contribution >= 4 is 106 Å². The molecule has 0 radical (unpaired) electrons. The first-order valence-corrected chi connectivity index (χ1v) is 28.0. The van der Waals surface area contributed by atoms with Crippen molar-refractivity contribution in [2.45, 2.75) is 0 Å². The number of hydrogen-bond donors (Lipinski definition) is 0. The molecule has 0 spiro atoms. The lowest BCUT2D eigenvalue weighted by molar-refractivity contribution is 1.19. The highest BCUT2D eigenvalue weighted by Crippen LogP contribution is 2.49. The molecule has 0 aliphatic rings. The number of aromatic nitrogens is 1. The summed E-state index contributed by atoms with van der Waals surface area (Å²) < 4.78 is 7.78. The second-order valence-electron chi connectivity index (χ2n) is 20.2. The monoisotopic (exact) mass is 1010 g/mol. The Morgan fingerprint density at radius 2 is 0.545 bits per heavy atom. The highest BCUT2D eigenvalue weighted by Gasteiger charge is 2.22. The predicted octanol–water partition coefficient (Wildman–Crippen LogP) is 21.8. The van der Waals surface area contributed by atoms with Gasteiger partial charge in [-0.15, -0.1) is 22.7 Å². The van der Waals surface area contributed by atoms with Gasteiger partial charge in [-0.2, -0.15) is 0 Å². The number of fused-ring (bicyclic) bond motifs is 11. The van der Waals surface area contributed by atoms with Crippen LogP contribution in [0.5, 0.6) is 0 Å². The summed E-state index contributed by atoms with van der Waals surface area (Å²) in [6, 6.07) is 101. The van der Waals surface area contributed by atoms with Crippen molar-refractivity contribution in [3.05, 3.63) is 273 Å². The summed E-state index contributed by atoms with van der Waals surface area (Å²) in [6.07, 6.45) is 0. The summed E-state index contributed by atoms with van der Waals surface area (Å²) in [5.41, 5.74) is 18.4. The minimum atomic E-state index is 1.13. The average Bonchev–Trinajstić information content (AvgIpc) is 4.28. The van der Waals surface area contributed by atoms with Gasteiger partial charge in [0.15, 0.2) is 0 Å². The van der Waals surface area contributed by atoms with E-state index in [0.29, 0.717) is 0 Å². The molecule has 0 aliphatic heterocycles. The largest absolute Gasteiger partial charge is 0.309 e. The van der Waals surface area contributed by atoms with E-state index in [-0.39, 0.29) is 0 Å². The fourth-order valence-corrected chi connectivity index (χ4v) is 15.3. The lowest BCUT2D eigenvalue weighted by Crippen LogP contribution is -1.96. The average molecular weight is 1010 g/mol. The third kappa shape index (κ3) is 6.91. The van der Waals surface area contributed by atoms with Crippen LogP contribution in [0.1, 0.15) is 0 Å². The number of hydrogen-bond acceptors (Lipinski definition) is 2. The molecule has 0 saturated carbocycles. The second kappa shape index (κ2) is 17.6. The van der Waals surface area contributed by atoms with Gasteiger partial charge < -0.3 is 4.57 Å². The Kier molecular flexibility index (Phi) is 10.1. The van der Waals surface area contributed by atoms with Crippen molar-refractivity contribution in [3.63, 3.8) is 0 Å². The van der Waals surface area contributed by atoms with E-state index in [9.17, 15) is 0 Å². The topological polar surface area (TPSA) is 4.93 Å². The van der Waals surface area contributed by atoms with Gasteiger partial charge in [0, 0.05) is 56.8 Å². The van der Waals surface area contributed by atoms with Gasteiger partial charge in [0.2, 0.25) is 0 Å². The van der Waals surface area contributed by atoms with E-state index in [1.165, 1.54) is 150 Å². The molecule has 16 rings (SSSR count). The van der Waals surface area contributed by atoms with E-state index < -0.39 is 0 Å². The minimum Gasteiger partial charge on any atom is -0.309 e. The van der Waals surface area contributed by atoms with Gasteiger partial charge in [-0.25, -0.2) is 0 Å². The molecule has 358 valence electrons. The summed E-state index contributed by atoms with van der Waals surface area (Å²) in [7, 11) is 0. The first-order chi connectivity index (χ1) is 38.2. The molecular weight excluding hydrogens is 967 g/mol. The van der Waals surface area contributed by atoms with Crippen LogP contribution in [0.3, 0.4) is 0 Å². The van der Waals surface area contributed by atoms with Crippen LogP contribution in [0.2, 0.25) is 0 Å². The van der Waals surface area contributed by atoms with Crippen molar-refractivity contribution < 1.29 is 0 Å². The fraction of sp³-hybridized carbons (Fsp3) is 0. The normalized spacial score (nSPS) is 11.9. The molecule has 13 aromatic carbocycles. The summed E-state index contributed by atoms with van der Waals surface area (Å²) in [4.78, 5) is 0. The van der Waals surface area contributed by atoms with Gasteiger partial charge in [0.25, 0.3) is 0 Å². The number of rotatable bonds is 7. The molecule has 3 heterocycles. The molecular formula is C74H45NS2. The zero-order chi connectivity index (χ0) is 50.6. The Hall–Kier alpha value is -9.38. The van der Waals surface area contributed by atoms with Crippen LogP contribution >= 0.6 is 22.7 Å². The number of nitrogens with zero attached hydrogens (tertiary/aromatic N) is 1. The molecule has 16 aromatic rings. The van der Waals surface area contributed by atoms with E-state index >= 15 is 0 Å². The Morgan fingerprint density at radius 3 is 0.961 bits per heavy atom. The van der Waals surface area contributed by atoms with Crippen LogP contribution in [0, 0.1) is 0 Å². The molecule has 0 amide bonds. The van der Waals surface area contributed by atoms with Gasteiger partial charge >= 0.3 is 0 Å². The number of thiophene rings is 2. The van der Waals surface area contributed by atoms with Gasteiger partial charge in [-0.3, -0.25) is 0 Å². The molecule has 0 aliphatic carbocycles. The lowest BCUT2D eigenvalue weighted by Gasteiger charge is -2.19. The summed E-state index contributed by atoms with van der Waals surface area (Å²) in [5, 5.41) is 12.6. The zero-order valence-corrected chi connectivity index (χ0v) is 43.4. The Labute approximate surface area is 453 Å². The lowest BCUT2D eigenvalue weighted by atomic mass is 9.86. The van der Waals surface area contributed by atoms with Crippen LogP contribution in [0.25, 0.3) is 156 Å². The predicted molar refractivity (Wildman–Crippen MR) is 334 cm³/mol. The molecule has 0 N–H and O–H groups in total. The van der Waals surface area contributed by atoms with Crippen molar-refractivity contribution in [1.29, 1.82) is 0 Å². The highest BCUT2D eigenvalue weighted by molar-refractivity contribution is 7.27. The molecule has 0 atom stereocenters. The first-order valence-electron chi connectivity index (χ1n) is 26.4. The Balaban J connectivity index is 0.958. The summed E-state index contributed by atoms with van der Waals surface area (Å²) in [5.74, 6) is 0. The van der Waals surface area contributed by atoms with Crippen molar-refractivity contribution in [2.24, 2.45) is 0 Å². The van der Waals surface area contributed by atoms with E-state index in [1.807, 2.05) is 22.7 Å². The summed E-state index contributed by atoms with van der Waals surface area (Å²) >= 11 is 3.83. The molecule has 77 heavy (non-hydrogen) atoms. The first kappa shape index (κ1) is 44.0. The van der Waals surface area contributed by atoms with Crippen LogP contribution < -0.4 is 0 Å². The molecule has 0 unspecified atom stereocenters. The van der Waals surface area contributed by atoms with E-state index in [2.05, 4.69) is 278 Å².